The third kappa shape index (κ3) is 3.69. The van der Waals surface area contributed by atoms with E-state index in [-0.39, 0.29) is 5.91 Å². The molecular weight excluding hydrogens is 226 g/mol. The van der Waals surface area contributed by atoms with Gasteiger partial charge in [-0.25, -0.2) is 0 Å². The van der Waals surface area contributed by atoms with Crippen LogP contribution < -0.4 is 11.1 Å². The van der Waals surface area contributed by atoms with E-state index in [0.717, 1.165) is 25.9 Å². The molecule has 0 bridgehead atoms. The van der Waals surface area contributed by atoms with Crippen molar-refractivity contribution in [3.63, 3.8) is 0 Å². The van der Waals surface area contributed by atoms with Crippen LogP contribution in [0.15, 0.2) is 0 Å². The van der Waals surface area contributed by atoms with Crippen molar-refractivity contribution >= 4 is 5.91 Å². The van der Waals surface area contributed by atoms with Gasteiger partial charge >= 0.3 is 0 Å². The third-order valence-corrected chi connectivity index (χ3v) is 4.44. The molecule has 0 aromatic carbocycles. The van der Waals surface area contributed by atoms with Crippen LogP contribution in [0.2, 0.25) is 0 Å². The highest BCUT2D eigenvalue weighted by Crippen LogP contribution is 2.24. The molecule has 1 aliphatic heterocycles. The van der Waals surface area contributed by atoms with E-state index in [1.54, 1.807) is 6.92 Å². The van der Waals surface area contributed by atoms with E-state index in [0.29, 0.717) is 18.1 Å². The summed E-state index contributed by atoms with van der Waals surface area (Å²) in [6.45, 7) is 3.78. The maximum atomic E-state index is 11.0. The molecule has 104 valence electrons. The zero-order valence-corrected chi connectivity index (χ0v) is 11.5. The highest BCUT2D eigenvalue weighted by Gasteiger charge is 2.29. The number of likely N-dealkylation sites (tertiary alicyclic amines) is 1. The standard InChI is InChI=1S/C14H27N3O/c1-11(18)16-12-7-9-17(10-8-12)14-6-4-2-3-5-13(14)15/h12-14H,2-10,15H2,1H3,(H,16,18). The van der Waals surface area contributed by atoms with Crippen LogP contribution in [-0.4, -0.2) is 42.0 Å². The second-order valence-electron chi connectivity index (χ2n) is 5.88. The molecule has 2 aliphatic rings. The van der Waals surface area contributed by atoms with Gasteiger partial charge in [-0.1, -0.05) is 19.3 Å². The third-order valence-electron chi connectivity index (χ3n) is 4.44. The number of nitrogens with one attached hydrogen (secondary N) is 1. The molecule has 4 nitrogen and oxygen atoms in total. The minimum absolute atomic E-state index is 0.0969. The minimum atomic E-state index is 0.0969. The quantitative estimate of drug-likeness (QED) is 0.728. The average molecular weight is 253 g/mol. The van der Waals surface area contributed by atoms with E-state index >= 15 is 0 Å². The summed E-state index contributed by atoms with van der Waals surface area (Å²) in [4.78, 5) is 13.6. The van der Waals surface area contributed by atoms with E-state index in [1.165, 1.54) is 32.1 Å². The molecule has 18 heavy (non-hydrogen) atoms. The Labute approximate surface area is 110 Å². The van der Waals surface area contributed by atoms with Gasteiger partial charge in [0.1, 0.15) is 0 Å². The fourth-order valence-corrected chi connectivity index (χ4v) is 3.43. The maximum absolute atomic E-state index is 11.0. The SMILES string of the molecule is CC(=O)NC1CCN(C2CCCCCC2N)CC1. The van der Waals surface area contributed by atoms with Crippen LogP contribution in [0.3, 0.4) is 0 Å². The van der Waals surface area contributed by atoms with Gasteiger partial charge in [0.15, 0.2) is 0 Å². The van der Waals surface area contributed by atoms with Crippen molar-refractivity contribution in [1.29, 1.82) is 0 Å². The zero-order chi connectivity index (χ0) is 13.0. The molecule has 1 aliphatic carbocycles. The Morgan fingerprint density at radius 3 is 2.44 bits per heavy atom. The van der Waals surface area contributed by atoms with E-state index in [1.807, 2.05) is 0 Å². The lowest BCUT2D eigenvalue weighted by molar-refractivity contribution is -0.120. The molecule has 1 amide bonds. The smallest absolute Gasteiger partial charge is 0.217 e. The molecule has 3 N–H and O–H groups in total. The van der Waals surface area contributed by atoms with Crippen molar-refractivity contribution in [3.05, 3.63) is 0 Å². The van der Waals surface area contributed by atoms with E-state index < -0.39 is 0 Å². The lowest BCUT2D eigenvalue weighted by atomic mass is 9.97. The predicted octanol–water partition coefficient (Wildman–Crippen LogP) is 1.25. The van der Waals surface area contributed by atoms with Crippen LogP contribution in [0, 0.1) is 0 Å². The fourth-order valence-electron chi connectivity index (χ4n) is 3.43. The summed E-state index contributed by atoms with van der Waals surface area (Å²) < 4.78 is 0. The molecule has 2 atom stereocenters. The number of hydrogen-bond donors (Lipinski definition) is 2. The van der Waals surface area contributed by atoms with Crippen LogP contribution in [-0.2, 0) is 4.79 Å². The molecule has 0 spiro atoms. The Morgan fingerprint density at radius 2 is 1.78 bits per heavy atom. The molecule has 4 heteroatoms. The lowest BCUT2D eigenvalue weighted by Crippen LogP contribution is -2.53. The number of rotatable bonds is 2. The minimum Gasteiger partial charge on any atom is -0.354 e. The summed E-state index contributed by atoms with van der Waals surface area (Å²) in [5.41, 5.74) is 6.31. The number of carbonyl (C=O) groups excluding carboxylic acids is 1. The van der Waals surface area contributed by atoms with Crippen LogP contribution in [0.4, 0.5) is 0 Å². The maximum Gasteiger partial charge on any atom is 0.217 e. The molecule has 0 aromatic heterocycles. The van der Waals surface area contributed by atoms with E-state index in [2.05, 4.69) is 10.2 Å². The van der Waals surface area contributed by atoms with Crippen molar-refractivity contribution < 1.29 is 4.79 Å². The summed E-state index contributed by atoms with van der Waals surface area (Å²) in [6.07, 6.45) is 8.53. The average Bonchev–Trinajstić information content (AvgIpc) is 2.54. The van der Waals surface area contributed by atoms with Gasteiger partial charge in [0.05, 0.1) is 0 Å². The molecule has 2 fully saturated rings. The normalized spacial score (nSPS) is 31.9. The molecule has 1 saturated carbocycles. The molecule has 2 rings (SSSR count). The highest BCUT2D eigenvalue weighted by atomic mass is 16.1. The van der Waals surface area contributed by atoms with Gasteiger partial charge in [0.2, 0.25) is 5.91 Å². The highest BCUT2D eigenvalue weighted by molar-refractivity contribution is 5.73. The van der Waals surface area contributed by atoms with E-state index in [4.69, 9.17) is 5.73 Å². The first kappa shape index (κ1) is 13.8. The van der Waals surface area contributed by atoms with E-state index in [9.17, 15) is 4.79 Å². The summed E-state index contributed by atoms with van der Waals surface area (Å²) in [5, 5.41) is 3.03. The van der Waals surface area contributed by atoms with Crippen molar-refractivity contribution in [2.45, 2.75) is 70.0 Å². The molecule has 0 aromatic rings. The van der Waals surface area contributed by atoms with Crippen molar-refractivity contribution in [3.8, 4) is 0 Å². The van der Waals surface area contributed by atoms with Crippen LogP contribution in [0.25, 0.3) is 0 Å². The molecule has 1 saturated heterocycles. The number of piperidine rings is 1. The first-order valence-electron chi connectivity index (χ1n) is 7.43. The van der Waals surface area contributed by atoms with Gasteiger partial charge in [-0.2, -0.15) is 0 Å². The summed E-state index contributed by atoms with van der Waals surface area (Å²) >= 11 is 0. The van der Waals surface area contributed by atoms with Crippen LogP contribution in [0.1, 0.15) is 51.9 Å². The van der Waals surface area contributed by atoms with Crippen molar-refractivity contribution in [1.82, 2.24) is 10.2 Å². The number of amides is 1. The molecule has 0 radical (unpaired) electrons. The Bertz CT molecular complexity index is 274. The first-order valence-corrected chi connectivity index (χ1v) is 7.43. The van der Waals surface area contributed by atoms with Gasteiger partial charge in [0, 0.05) is 38.1 Å². The molecule has 2 unspecified atom stereocenters. The first-order chi connectivity index (χ1) is 8.66. The Kier molecular flexibility index (Phi) is 5.01. The van der Waals surface area contributed by atoms with Crippen molar-refractivity contribution in [2.75, 3.05) is 13.1 Å². The van der Waals surface area contributed by atoms with Gasteiger partial charge in [-0.3, -0.25) is 9.69 Å². The second-order valence-corrected chi connectivity index (χ2v) is 5.88. The molecular formula is C14H27N3O. The topological polar surface area (TPSA) is 58.4 Å². The number of nitrogens with two attached hydrogens (primary N) is 1. The number of hydrogen-bond acceptors (Lipinski definition) is 3. The van der Waals surface area contributed by atoms with Gasteiger partial charge in [0.25, 0.3) is 0 Å². The Hall–Kier alpha value is -0.610. The lowest BCUT2D eigenvalue weighted by Gasteiger charge is -2.39. The monoisotopic (exact) mass is 253 g/mol. The van der Waals surface area contributed by atoms with Gasteiger partial charge < -0.3 is 11.1 Å². The fraction of sp³-hybridized carbons (Fsp3) is 0.929. The van der Waals surface area contributed by atoms with Gasteiger partial charge in [-0.05, 0) is 25.7 Å². The zero-order valence-electron chi connectivity index (χ0n) is 11.5. The summed E-state index contributed by atoms with van der Waals surface area (Å²) in [7, 11) is 0. The van der Waals surface area contributed by atoms with Crippen LogP contribution >= 0.6 is 0 Å². The summed E-state index contributed by atoms with van der Waals surface area (Å²) in [6, 6.07) is 1.30. The number of nitrogens with zero attached hydrogens (tertiary/aromatic N) is 1. The van der Waals surface area contributed by atoms with Gasteiger partial charge in [-0.15, -0.1) is 0 Å². The summed E-state index contributed by atoms with van der Waals surface area (Å²) in [5.74, 6) is 0.0969. The Balaban J connectivity index is 1.82. The molecule has 1 heterocycles. The largest absolute Gasteiger partial charge is 0.354 e. The van der Waals surface area contributed by atoms with Crippen molar-refractivity contribution in [2.24, 2.45) is 5.73 Å². The predicted molar refractivity (Wildman–Crippen MR) is 73.3 cm³/mol. The second kappa shape index (κ2) is 6.53. The Morgan fingerprint density at radius 1 is 1.11 bits per heavy atom. The number of carbonyl (C=O) groups is 1. The van der Waals surface area contributed by atoms with Crippen LogP contribution in [0.5, 0.6) is 0 Å².